The Morgan fingerprint density at radius 1 is 1.33 bits per heavy atom. The molecule has 0 aliphatic rings. The summed E-state index contributed by atoms with van der Waals surface area (Å²) in [6.07, 6.45) is 3.14. The fourth-order valence-electron chi connectivity index (χ4n) is 1.65. The van der Waals surface area contributed by atoms with E-state index in [1.165, 1.54) is 5.56 Å². The monoisotopic (exact) mass is 340 g/mol. The highest BCUT2D eigenvalue weighted by atomic mass is 16.5. The lowest BCUT2D eigenvalue weighted by atomic mass is 10.1. The van der Waals surface area contributed by atoms with Crippen molar-refractivity contribution in [3.05, 3.63) is 35.9 Å². The van der Waals surface area contributed by atoms with Gasteiger partial charge in [-0.3, -0.25) is 5.84 Å². The Bertz CT molecular complexity index is 529. The summed E-state index contributed by atoms with van der Waals surface area (Å²) in [5.41, 5.74) is 4.07. The number of carboxylic acids is 2. The second kappa shape index (κ2) is 12.9. The van der Waals surface area contributed by atoms with E-state index in [1.54, 1.807) is 7.11 Å². The van der Waals surface area contributed by atoms with Gasteiger partial charge in [-0.2, -0.15) is 5.43 Å². The SMILES string of the molecule is CCCc1ccc(OCCN[NH3+])c(OC)c1.O=C([O-])/C=C\C(=O)O. The zero-order chi connectivity index (χ0) is 18.4. The predicted molar refractivity (Wildman–Crippen MR) is 85.2 cm³/mol. The molecule has 8 nitrogen and oxygen atoms in total. The summed E-state index contributed by atoms with van der Waals surface area (Å²) in [6, 6.07) is 6.09. The summed E-state index contributed by atoms with van der Waals surface area (Å²) in [4.78, 5) is 19.0. The largest absolute Gasteiger partial charge is 0.545 e. The minimum absolute atomic E-state index is 0.447. The van der Waals surface area contributed by atoms with Crippen LogP contribution in [-0.2, 0) is 16.0 Å². The van der Waals surface area contributed by atoms with Crippen LogP contribution in [0.4, 0.5) is 0 Å². The Hall–Kier alpha value is -2.58. The van der Waals surface area contributed by atoms with Crippen molar-refractivity contribution in [2.24, 2.45) is 0 Å². The van der Waals surface area contributed by atoms with Crippen LogP contribution in [0.15, 0.2) is 30.4 Å². The molecule has 1 aromatic rings. The third-order valence-corrected chi connectivity index (χ3v) is 2.67. The maximum atomic E-state index is 9.53. The van der Waals surface area contributed by atoms with Crippen LogP contribution in [0, 0.1) is 0 Å². The number of ether oxygens (including phenoxy) is 2. The molecule has 0 atom stereocenters. The Morgan fingerprint density at radius 2 is 2.04 bits per heavy atom. The topological polar surface area (TPSA) is 136 Å². The Morgan fingerprint density at radius 3 is 2.50 bits per heavy atom. The molecule has 24 heavy (non-hydrogen) atoms. The van der Waals surface area contributed by atoms with Gasteiger partial charge in [0.1, 0.15) is 6.61 Å². The van der Waals surface area contributed by atoms with Gasteiger partial charge in [-0.05, 0) is 30.2 Å². The lowest BCUT2D eigenvalue weighted by Gasteiger charge is -2.11. The van der Waals surface area contributed by atoms with E-state index < -0.39 is 11.9 Å². The maximum Gasteiger partial charge on any atom is 0.328 e. The van der Waals surface area contributed by atoms with Gasteiger partial charge in [0.2, 0.25) is 0 Å². The van der Waals surface area contributed by atoms with E-state index in [0.29, 0.717) is 18.8 Å². The molecule has 0 radical (unpaired) electrons. The molecule has 5 N–H and O–H groups in total. The highest BCUT2D eigenvalue weighted by Crippen LogP contribution is 2.28. The number of rotatable bonds is 9. The molecular formula is C16H24N2O6. The standard InChI is InChI=1S/C12H20N2O2.C4H4O4/c1-3-4-10-5-6-11(12(9-10)15-2)16-8-7-14-13;5-3(6)1-2-4(7)8/h5-6,9,14H,3-4,7-8,13H2,1-2H3;1-2H,(H,5,6)(H,7,8)/b;2-1-. The molecule has 0 fully saturated rings. The van der Waals surface area contributed by atoms with Crippen LogP contribution < -0.4 is 25.8 Å². The molecule has 0 bridgehead atoms. The summed E-state index contributed by atoms with van der Waals surface area (Å²) in [7, 11) is 1.66. The average Bonchev–Trinajstić information content (AvgIpc) is 2.55. The predicted octanol–water partition coefficient (Wildman–Crippen LogP) is -0.850. The number of hydrogen-bond donors (Lipinski definition) is 3. The molecule has 0 aliphatic carbocycles. The second-order valence-corrected chi connectivity index (χ2v) is 4.57. The van der Waals surface area contributed by atoms with Gasteiger partial charge in [-0.15, -0.1) is 0 Å². The Labute approximate surface area is 140 Å². The lowest BCUT2D eigenvalue weighted by Crippen LogP contribution is -2.65. The van der Waals surface area contributed by atoms with Gasteiger partial charge in [0.15, 0.2) is 11.5 Å². The Balaban J connectivity index is 0.000000561. The highest BCUT2D eigenvalue weighted by molar-refractivity contribution is 5.88. The first kappa shape index (κ1) is 21.4. The summed E-state index contributed by atoms with van der Waals surface area (Å²) in [5.74, 6) is 2.32. The minimum atomic E-state index is -1.51. The van der Waals surface area contributed by atoms with Crippen LogP contribution in [0.25, 0.3) is 0 Å². The van der Waals surface area contributed by atoms with E-state index in [1.807, 2.05) is 12.1 Å². The molecule has 0 saturated carbocycles. The average molecular weight is 340 g/mol. The van der Waals surface area contributed by atoms with Gasteiger partial charge in [-0.1, -0.05) is 19.4 Å². The molecule has 134 valence electrons. The zero-order valence-corrected chi connectivity index (χ0v) is 13.9. The number of aliphatic carboxylic acids is 2. The number of methoxy groups -OCH3 is 1. The normalized spacial score (nSPS) is 9.96. The van der Waals surface area contributed by atoms with Gasteiger partial charge in [0, 0.05) is 6.08 Å². The molecule has 0 unspecified atom stereocenters. The smallest absolute Gasteiger partial charge is 0.328 e. The van der Waals surface area contributed by atoms with Crippen molar-refractivity contribution < 1.29 is 35.1 Å². The minimum Gasteiger partial charge on any atom is -0.545 e. The summed E-state index contributed by atoms with van der Waals surface area (Å²) in [5, 5.41) is 17.2. The lowest BCUT2D eigenvalue weighted by molar-refractivity contribution is -0.443. The van der Waals surface area contributed by atoms with Crippen molar-refractivity contribution in [3.8, 4) is 11.5 Å². The Kier molecular flexibility index (Phi) is 11.5. The number of carbonyl (C=O) groups is 2. The van der Waals surface area contributed by atoms with Crippen molar-refractivity contribution in [1.82, 2.24) is 5.43 Å². The first-order valence-electron chi connectivity index (χ1n) is 7.36. The van der Waals surface area contributed by atoms with Crippen LogP contribution in [0.2, 0.25) is 0 Å². The van der Waals surface area contributed by atoms with Crippen molar-refractivity contribution in [3.63, 3.8) is 0 Å². The molecule has 0 heterocycles. The van der Waals surface area contributed by atoms with Gasteiger partial charge < -0.3 is 24.5 Å². The molecule has 0 aliphatic heterocycles. The number of carboxylic acid groups (broad SMARTS) is 2. The van der Waals surface area contributed by atoms with Crippen molar-refractivity contribution in [2.45, 2.75) is 19.8 Å². The number of benzene rings is 1. The molecule has 0 aromatic heterocycles. The van der Waals surface area contributed by atoms with Crippen molar-refractivity contribution >= 4 is 11.9 Å². The molecule has 1 aromatic carbocycles. The fourth-order valence-corrected chi connectivity index (χ4v) is 1.65. The third-order valence-electron chi connectivity index (χ3n) is 2.67. The van der Waals surface area contributed by atoms with Gasteiger partial charge in [0.05, 0.1) is 19.6 Å². The van der Waals surface area contributed by atoms with E-state index in [0.717, 1.165) is 30.9 Å². The number of carbonyl (C=O) groups excluding carboxylic acids is 1. The quantitative estimate of drug-likeness (QED) is 0.303. The molecule has 1 rings (SSSR count). The van der Waals surface area contributed by atoms with Crippen LogP contribution >= 0.6 is 0 Å². The van der Waals surface area contributed by atoms with Crippen molar-refractivity contribution in [2.75, 3.05) is 20.3 Å². The van der Waals surface area contributed by atoms with E-state index in [2.05, 4.69) is 24.3 Å². The van der Waals surface area contributed by atoms with Crippen LogP contribution in [0.3, 0.4) is 0 Å². The molecule has 0 spiro atoms. The first-order valence-corrected chi connectivity index (χ1v) is 7.36. The van der Waals surface area contributed by atoms with Crippen molar-refractivity contribution in [1.29, 1.82) is 0 Å². The van der Waals surface area contributed by atoms with Crippen LogP contribution in [-0.4, -0.2) is 37.3 Å². The summed E-state index contributed by atoms with van der Waals surface area (Å²) < 4.78 is 10.9. The van der Waals surface area contributed by atoms with E-state index in [4.69, 9.17) is 14.6 Å². The zero-order valence-electron chi connectivity index (χ0n) is 13.9. The van der Waals surface area contributed by atoms with Gasteiger partial charge >= 0.3 is 5.97 Å². The highest BCUT2D eigenvalue weighted by Gasteiger charge is 2.05. The van der Waals surface area contributed by atoms with E-state index in [9.17, 15) is 14.7 Å². The summed E-state index contributed by atoms with van der Waals surface area (Å²) >= 11 is 0. The van der Waals surface area contributed by atoms with Gasteiger partial charge in [-0.25, -0.2) is 4.79 Å². The molecule has 0 amide bonds. The number of aryl methyl sites for hydroxylation is 1. The maximum absolute atomic E-state index is 9.53. The molecular weight excluding hydrogens is 316 g/mol. The number of nitrogens with one attached hydrogen (secondary N) is 1. The van der Waals surface area contributed by atoms with Gasteiger partial charge in [0.25, 0.3) is 0 Å². The van der Waals surface area contributed by atoms with E-state index >= 15 is 0 Å². The first-order chi connectivity index (χ1) is 11.4. The van der Waals surface area contributed by atoms with Crippen LogP contribution in [0.5, 0.6) is 11.5 Å². The van der Waals surface area contributed by atoms with E-state index in [-0.39, 0.29) is 0 Å². The second-order valence-electron chi connectivity index (χ2n) is 4.57. The fraction of sp³-hybridized carbons (Fsp3) is 0.375. The molecule has 0 saturated heterocycles. The third kappa shape index (κ3) is 10.2. The molecule has 8 heteroatoms. The number of quaternary nitrogens is 1. The summed E-state index contributed by atoms with van der Waals surface area (Å²) in [6.45, 7) is 3.48. The number of hydrogen-bond acceptors (Lipinski definition) is 6. The van der Waals surface area contributed by atoms with Crippen LogP contribution in [0.1, 0.15) is 18.9 Å².